The third-order valence-corrected chi connectivity index (χ3v) is 2.36. The second-order valence-corrected chi connectivity index (χ2v) is 3.56. The molecule has 0 amide bonds. The summed E-state index contributed by atoms with van der Waals surface area (Å²) in [6, 6.07) is 5.36. The molecule has 0 bridgehead atoms. The highest BCUT2D eigenvalue weighted by Crippen LogP contribution is 2.17. The molecule has 1 atom stereocenters. The Bertz CT molecular complexity index is 524. The van der Waals surface area contributed by atoms with Crippen LogP contribution in [0.4, 0.5) is 0 Å². The lowest BCUT2D eigenvalue weighted by Crippen LogP contribution is -2.22. The lowest BCUT2D eigenvalue weighted by molar-refractivity contribution is -0.157. The van der Waals surface area contributed by atoms with Gasteiger partial charge in [-0.25, -0.2) is 9.48 Å². The van der Waals surface area contributed by atoms with Crippen molar-refractivity contribution < 1.29 is 14.6 Å². The fraction of sp³-hybridized carbons (Fsp3) is 0.250. The van der Waals surface area contributed by atoms with E-state index in [9.17, 15) is 4.79 Å². The number of ether oxygens (including phenoxy) is 1. The summed E-state index contributed by atoms with van der Waals surface area (Å²) in [4.78, 5) is 15.0. The molecule has 0 aliphatic rings. The molecule has 0 aliphatic heterocycles. The van der Waals surface area contributed by atoms with Crippen molar-refractivity contribution in [3.8, 4) is 11.3 Å². The number of pyridine rings is 1. The summed E-state index contributed by atoms with van der Waals surface area (Å²) in [7, 11) is 0. The van der Waals surface area contributed by atoms with E-state index in [-0.39, 0.29) is 0 Å². The van der Waals surface area contributed by atoms with E-state index < -0.39 is 12.2 Å². The highest BCUT2D eigenvalue weighted by molar-refractivity contribution is 5.70. The topological polar surface area (TPSA) is 77.2 Å². The first kappa shape index (κ1) is 12.3. The van der Waals surface area contributed by atoms with Crippen molar-refractivity contribution in [3.63, 3.8) is 0 Å². The van der Waals surface area contributed by atoms with Crippen molar-refractivity contribution in [1.82, 2.24) is 14.8 Å². The van der Waals surface area contributed by atoms with Gasteiger partial charge >= 0.3 is 5.97 Å². The van der Waals surface area contributed by atoms with Crippen LogP contribution in [0.2, 0.25) is 0 Å². The summed E-state index contributed by atoms with van der Waals surface area (Å²) in [5, 5.41) is 13.2. The van der Waals surface area contributed by atoms with Gasteiger partial charge in [0.25, 0.3) is 0 Å². The molecule has 0 spiro atoms. The Balaban J connectivity index is 2.27. The number of hydrogen-bond acceptors (Lipinski definition) is 4. The first-order valence-corrected chi connectivity index (χ1v) is 5.52. The van der Waals surface area contributed by atoms with E-state index in [2.05, 4.69) is 10.1 Å². The second-order valence-electron chi connectivity index (χ2n) is 3.56. The monoisotopic (exact) mass is 247 g/mol. The third kappa shape index (κ3) is 2.54. The Morgan fingerprint density at radius 3 is 2.78 bits per heavy atom. The van der Waals surface area contributed by atoms with Gasteiger partial charge in [0.05, 0.1) is 5.69 Å². The van der Waals surface area contributed by atoms with Gasteiger partial charge in [0, 0.05) is 30.8 Å². The molecule has 1 unspecified atom stereocenters. The minimum atomic E-state index is -1.09. The highest BCUT2D eigenvalue weighted by atomic mass is 16.5. The fourth-order valence-corrected chi connectivity index (χ4v) is 1.56. The van der Waals surface area contributed by atoms with Crippen LogP contribution in [0.1, 0.15) is 13.2 Å². The van der Waals surface area contributed by atoms with E-state index in [4.69, 9.17) is 9.84 Å². The standard InChI is InChI=1S/C12H13N3O3/c1-2-18-11(12(16)17)15-8-5-10(14-15)9-3-6-13-7-4-9/h3-8,11H,2H2,1H3,(H,16,17). The summed E-state index contributed by atoms with van der Waals surface area (Å²) < 4.78 is 6.42. The average molecular weight is 247 g/mol. The number of hydrogen-bond donors (Lipinski definition) is 1. The van der Waals surface area contributed by atoms with Gasteiger partial charge in [0.1, 0.15) is 0 Å². The number of rotatable bonds is 5. The zero-order valence-electron chi connectivity index (χ0n) is 9.85. The molecule has 2 heterocycles. The van der Waals surface area contributed by atoms with Crippen LogP contribution in [-0.4, -0.2) is 32.4 Å². The highest BCUT2D eigenvalue weighted by Gasteiger charge is 2.20. The minimum Gasteiger partial charge on any atom is -0.478 e. The molecule has 1 N–H and O–H groups in total. The number of aromatic nitrogens is 3. The van der Waals surface area contributed by atoms with Crippen molar-refractivity contribution in [2.45, 2.75) is 13.2 Å². The number of nitrogens with zero attached hydrogens (tertiary/aromatic N) is 3. The predicted molar refractivity (Wildman–Crippen MR) is 63.8 cm³/mol. The van der Waals surface area contributed by atoms with Crippen molar-refractivity contribution in [3.05, 3.63) is 36.8 Å². The lowest BCUT2D eigenvalue weighted by atomic mass is 10.2. The molecule has 94 valence electrons. The molecule has 6 nitrogen and oxygen atoms in total. The van der Waals surface area contributed by atoms with Gasteiger partial charge in [-0.3, -0.25) is 4.98 Å². The summed E-state index contributed by atoms with van der Waals surface area (Å²) in [5.41, 5.74) is 1.56. The molecule has 0 aliphatic carbocycles. The quantitative estimate of drug-likeness (QED) is 0.867. The Morgan fingerprint density at radius 1 is 1.44 bits per heavy atom. The third-order valence-electron chi connectivity index (χ3n) is 2.36. The fourth-order valence-electron chi connectivity index (χ4n) is 1.56. The molecule has 6 heteroatoms. The van der Waals surface area contributed by atoms with Gasteiger partial charge in [0.2, 0.25) is 6.23 Å². The van der Waals surface area contributed by atoms with Crippen LogP contribution >= 0.6 is 0 Å². The maximum atomic E-state index is 11.0. The van der Waals surface area contributed by atoms with Crippen LogP contribution in [0, 0.1) is 0 Å². The van der Waals surface area contributed by atoms with Crippen LogP contribution in [-0.2, 0) is 9.53 Å². The maximum absolute atomic E-state index is 11.0. The first-order valence-electron chi connectivity index (χ1n) is 5.52. The van der Waals surface area contributed by atoms with E-state index >= 15 is 0 Å². The minimum absolute atomic E-state index is 0.307. The predicted octanol–water partition coefficient (Wildman–Crippen LogP) is 1.56. The molecule has 2 rings (SSSR count). The Labute approximate surface area is 104 Å². The van der Waals surface area contributed by atoms with E-state index in [0.717, 1.165) is 5.56 Å². The zero-order chi connectivity index (χ0) is 13.0. The lowest BCUT2D eigenvalue weighted by Gasteiger charge is -2.12. The van der Waals surface area contributed by atoms with E-state index in [0.29, 0.717) is 12.3 Å². The van der Waals surface area contributed by atoms with Crippen LogP contribution in [0.3, 0.4) is 0 Å². The summed E-state index contributed by atoms with van der Waals surface area (Å²) in [6.45, 7) is 2.05. The summed E-state index contributed by atoms with van der Waals surface area (Å²) in [5.74, 6) is -1.07. The molecule has 0 saturated carbocycles. The number of carboxylic acid groups (broad SMARTS) is 1. The van der Waals surface area contributed by atoms with Crippen LogP contribution < -0.4 is 0 Å². The van der Waals surface area contributed by atoms with E-state index in [1.807, 2.05) is 12.1 Å². The molecule has 0 aromatic carbocycles. The molecular weight excluding hydrogens is 234 g/mol. The maximum Gasteiger partial charge on any atom is 0.356 e. The number of aliphatic carboxylic acids is 1. The first-order chi connectivity index (χ1) is 8.72. The van der Waals surface area contributed by atoms with Crippen molar-refractivity contribution in [1.29, 1.82) is 0 Å². The number of carboxylic acids is 1. The summed E-state index contributed by atoms with van der Waals surface area (Å²) in [6.07, 6.45) is 3.81. The molecular formula is C12H13N3O3. The Morgan fingerprint density at radius 2 is 2.17 bits per heavy atom. The molecule has 18 heavy (non-hydrogen) atoms. The second kappa shape index (κ2) is 5.42. The van der Waals surface area contributed by atoms with Crippen molar-refractivity contribution >= 4 is 5.97 Å². The van der Waals surface area contributed by atoms with Gasteiger partial charge in [-0.15, -0.1) is 0 Å². The SMILES string of the molecule is CCOC(C(=O)O)n1ccc(-c2ccncc2)n1. The molecule has 2 aromatic rings. The van der Waals surface area contributed by atoms with Crippen molar-refractivity contribution in [2.24, 2.45) is 0 Å². The van der Waals surface area contributed by atoms with Gasteiger partial charge in [-0.2, -0.15) is 5.10 Å². The van der Waals surface area contributed by atoms with Crippen molar-refractivity contribution in [2.75, 3.05) is 6.61 Å². The van der Waals surface area contributed by atoms with Gasteiger partial charge in [0.15, 0.2) is 0 Å². The van der Waals surface area contributed by atoms with Crippen LogP contribution in [0.5, 0.6) is 0 Å². The van der Waals surface area contributed by atoms with Crippen LogP contribution in [0.15, 0.2) is 36.8 Å². The molecule has 0 fully saturated rings. The molecule has 0 radical (unpaired) electrons. The Hall–Kier alpha value is -2.21. The van der Waals surface area contributed by atoms with Crippen LogP contribution in [0.25, 0.3) is 11.3 Å². The molecule has 0 saturated heterocycles. The smallest absolute Gasteiger partial charge is 0.356 e. The summed E-state index contributed by atoms with van der Waals surface area (Å²) >= 11 is 0. The zero-order valence-corrected chi connectivity index (χ0v) is 9.85. The van der Waals surface area contributed by atoms with Gasteiger partial charge < -0.3 is 9.84 Å². The molecule has 2 aromatic heterocycles. The normalized spacial score (nSPS) is 12.3. The van der Waals surface area contributed by atoms with Gasteiger partial charge in [-0.1, -0.05) is 0 Å². The average Bonchev–Trinajstić information content (AvgIpc) is 2.86. The van der Waals surface area contributed by atoms with E-state index in [1.54, 1.807) is 31.6 Å². The van der Waals surface area contributed by atoms with E-state index in [1.165, 1.54) is 4.68 Å². The Kier molecular flexibility index (Phi) is 3.69. The van der Waals surface area contributed by atoms with Gasteiger partial charge in [-0.05, 0) is 25.1 Å². The number of carbonyl (C=O) groups is 1. The largest absolute Gasteiger partial charge is 0.478 e.